The molecular formula is C8H17NS2. The third-order valence-corrected chi connectivity index (χ3v) is 3.16. The van der Waals surface area contributed by atoms with Gasteiger partial charge in [0.15, 0.2) is 0 Å². The van der Waals surface area contributed by atoms with Crippen molar-refractivity contribution in [3.63, 3.8) is 0 Å². The van der Waals surface area contributed by atoms with Crippen LogP contribution in [0.2, 0.25) is 0 Å². The van der Waals surface area contributed by atoms with Crippen molar-refractivity contribution < 1.29 is 0 Å². The minimum Gasteiger partial charge on any atom is -0.299 e. The van der Waals surface area contributed by atoms with E-state index in [0.29, 0.717) is 0 Å². The molecule has 1 rings (SSSR count). The molecule has 0 radical (unpaired) electrons. The zero-order valence-electron chi connectivity index (χ0n) is 7.12. The van der Waals surface area contributed by atoms with E-state index in [1.165, 1.54) is 31.7 Å². The summed E-state index contributed by atoms with van der Waals surface area (Å²) in [5, 5.41) is 0. The van der Waals surface area contributed by atoms with Crippen molar-refractivity contribution in [1.82, 2.24) is 4.90 Å². The van der Waals surface area contributed by atoms with Gasteiger partial charge in [-0.2, -0.15) is 24.4 Å². The molecule has 1 atom stereocenters. The molecule has 0 aromatic rings. The molecule has 1 aliphatic rings. The van der Waals surface area contributed by atoms with Gasteiger partial charge in [0.2, 0.25) is 0 Å². The normalized spacial score (nSPS) is 26.2. The minimum atomic E-state index is 0.845. The van der Waals surface area contributed by atoms with E-state index in [1.54, 1.807) is 0 Å². The highest BCUT2D eigenvalue weighted by Gasteiger charge is 2.22. The zero-order valence-corrected chi connectivity index (χ0v) is 8.83. The van der Waals surface area contributed by atoms with Crippen LogP contribution in [-0.4, -0.2) is 41.8 Å². The molecule has 1 saturated heterocycles. The van der Waals surface area contributed by atoms with Crippen molar-refractivity contribution in [3.05, 3.63) is 0 Å². The number of hydrogen-bond acceptors (Lipinski definition) is 3. The fraction of sp³-hybridized carbons (Fsp3) is 1.00. The van der Waals surface area contributed by atoms with E-state index < -0.39 is 0 Å². The Balaban J connectivity index is 2.25. The van der Waals surface area contributed by atoms with E-state index in [9.17, 15) is 0 Å². The molecular weight excluding hydrogens is 174 g/mol. The second kappa shape index (κ2) is 5.33. The molecule has 0 aromatic carbocycles. The molecule has 0 bridgehead atoms. The van der Waals surface area contributed by atoms with Gasteiger partial charge in [-0.05, 0) is 25.6 Å². The van der Waals surface area contributed by atoms with E-state index in [1.807, 2.05) is 11.8 Å². The maximum atomic E-state index is 4.26. The summed E-state index contributed by atoms with van der Waals surface area (Å²) >= 11 is 6.22. The summed E-state index contributed by atoms with van der Waals surface area (Å²) < 4.78 is 0. The van der Waals surface area contributed by atoms with Crippen molar-refractivity contribution in [2.75, 3.05) is 30.9 Å². The smallest absolute Gasteiger partial charge is 0.0187 e. The molecule has 1 heterocycles. The van der Waals surface area contributed by atoms with E-state index >= 15 is 0 Å². The minimum absolute atomic E-state index is 0.845. The van der Waals surface area contributed by atoms with Crippen LogP contribution >= 0.6 is 24.4 Å². The number of thioether (sulfide) groups is 1. The van der Waals surface area contributed by atoms with Gasteiger partial charge in [-0.3, -0.25) is 4.90 Å². The first kappa shape index (κ1) is 9.75. The number of likely N-dealkylation sites (tertiary alicyclic amines) is 1. The molecule has 0 aliphatic carbocycles. The topological polar surface area (TPSA) is 3.24 Å². The Morgan fingerprint density at radius 2 is 2.45 bits per heavy atom. The van der Waals surface area contributed by atoms with E-state index in [0.717, 1.165) is 11.8 Å². The number of rotatable bonds is 4. The molecule has 1 fully saturated rings. The van der Waals surface area contributed by atoms with Crippen molar-refractivity contribution in [1.29, 1.82) is 0 Å². The van der Waals surface area contributed by atoms with Gasteiger partial charge in [-0.1, -0.05) is 0 Å². The van der Waals surface area contributed by atoms with Gasteiger partial charge in [-0.25, -0.2) is 0 Å². The monoisotopic (exact) mass is 191 g/mol. The molecule has 0 N–H and O–H groups in total. The standard InChI is InChI=1S/C8H17NS2/c1-11-7-8-3-2-4-9(8)5-6-10/h8,10H,2-7H2,1H3. The summed E-state index contributed by atoms with van der Waals surface area (Å²) in [6.45, 7) is 2.47. The van der Waals surface area contributed by atoms with Crippen LogP contribution in [0.4, 0.5) is 0 Å². The lowest BCUT2D eigenvalue weighted by Gasteiger charge is -2.22. The molecule has 11 heavy (non-hydrogen) atoms. The molecule has 1 aliphatic heterocycles. The van der Waals surface area contributed by atoms with Gasteiger partial charge in [-0.15, -0.1) is 0 Å². The second-order valence-electron chi connectivity index (χ2n) is 3.01. The van der Waals surface area contributed by atoms with E-state index in [2.05, 4.69) is 23.8 Å². The summed E-state index contributed by atoms with van der Waals surface area (Å²) in [5.74, 6) is 2.30. The lowest BCUT2D eigenvalue weighted by Crippen LogP contribution is -2.32. The predicted octanol–water partition coefficient (Wildman–Crippen LogP) is 1.74. The van der Waals surface area contributed by atoms with Crippen LogP contribution in [0.5, 0.6) is 0 Å². The summed E-state index contributed by atoms with van der Waals surface area (Å²) in [6.07, 6.45) is 4.98. The van der Waals surface area contributed by atoms with Gasteiger partial charge in [0.1, 0.15) is 0 Å². The van der Waals surface area contributed by atoms with Crippen molar-refractivity contribution >= 4 is 24.4 Å². The summed E-state index contributed by atoms with van der Waals surface area (Å²) in [5.41, 5.74) is 0. The second-order valence-corrected chi connectivity index (χ2v) is 4.37. The third kappa shape index (κ3) is 2.88. The molecule has 0 spiro atoms. The van der Waals surface area contributed by atoms with Crippen LogP contribution in [-0.2, 0) is 0 Å². The number of thiol groups is 1. The van der Waals surface area contributed by atoms with E-state index in [4.69, 9.17) is 0 Å². The molecule has 0 saturated carbocycles. The average Bonchev–Trinajstić information content (AvgIpc) is 2.39. The van der Waals surface area contributed by atoms with Crippen LogP contribution in [0.25, 0.3) is 0 Å². The molecule has 1 nitrogen and oxygen atoms in total. The van der Waals surface area contributed by atoms with Gasteiger partial charge < -0.3 is 0 Å². The van der Waals surface area contributed by atoms with Gasteiger partial charge in [0.05, 0.1) is 0 Å². The average molecular weight is 191 g/mol. The largest absolute Gasteiger partial charge is 0.299 e. The quantitative estimate of drug-likeness (QED) is 0.674. The highest BCUT2D eigenvalue weighted by atomic mass is 32.2. The Morgan fingerprint density at radius 3 is 3.09 bits per heavy atom. The predicted molar refractivity (Wildman–Crippen MR) is 56.8 cm³/mol. The summed E-state index contributed by atoms with van der Waals surface area (Å²) in [7, 11) is 0. The van der Waals surface area contributed by atoms with Gasteiger partial charge in [0, 0.05) is 24.1 Å². The molecule has 3 heteroatoms. The Morgan fingerprint density at radius 1 is 1.64 bits per heavy atom. The number of hydrogen-bond donors (Lipinski definition) is 1. The van der Waals surface area contributed by atoms with Crippen LogP contribution < -0.4 is 0 Å². The Labute approximate surface area is 79.3 Å². The lowest BCUT2D eigenvalue weighted by atomic mass is 10.2. The van der Waals surface area contributed by atoms with Crippen LogP contribution in [0, 0.1) is 0 Å². The number of nitrogens with zero attached hydrogens (tertiary/aromatic N) is 1. The molecule has 0 amide bonds. The molecule has 1 unspecified atom stereocenters. The summed E-state index contributed by atoms with van der Waals surface area (Å²) in [4.78, 5) is 2.57. The van der Waals surface area contributed by atoms with Gasteiger partial charge >= 0.3 is 0 Å². The summed E-state index contributed by atoms with van der Waals surface area (Å²) in [6, 6.07) is 0.845. The highest BCUT2D eigenvalue weighted by Crippen LogP contribution is 2.19. The fourth-order valence-electron chi connectivity index (χ4n) is 1.70. The van der Waals surface area contributed by atoms with E-state index in [-0.39, 0.29) is 0 Å². The SMILES string of the molecule is CSCC1CCCN1CCS. The van der Waals surface area contributed by atoms with Gasteiger partial charge in [0.25, 0.3) is 0 Å². The lowest BCUT2D eigenvalue weighted by molar-refractivity contribution is 0.290. The van der Waals surface area contributed by atoms with Crippen LogP contribution in [0.3, 0.4) is 0 Å². The van der Waals surface area contributed by atoms with Crippen LogP contribution in [0.15, 0.2) is 0 Å². The maximum absolute atomic E-state index is 4.26. The third-order valence-electron chi connectivity index (χ3n) is 2.25. The van der Waals surface area contributed by atoms with Crippen molar-refractivity contribution in [3.8, 4) is 0 Å². The first-order chi connectivity index (χ1) is 5.38. The zero-order chi connectivity index (χ0) is 8.10. The molecule has 0 aromatic heterocycles. The molecule has 66 valence electrons. The van der Waals surface area contributed by atoms with Crippen molar-refractivity contribution in [2.24, 2.45) is 0 Å². The van der Waals surface area contributed by atoms with Crippen molar-refractivity contribution in [2.45, 2.75) is 18.9 Å². The fourth-order valence-corrected chi connectivity index (χ4v) is 2.72. The maximum Gasteiger partial charge on any atom is 0.0187 e. The first-order valence-corrected chi connectivity index (χ1v) is 6.25. The Kier molecular flexibility index (Phi) is 4.72. The Hall–Kier alpha value is 0.660. The highest BCUT2D eigenvalue weighted by molar-refractivity contribution is 7.98. The van der Waals surface area contributed by atoms with Crippen LogP contribution in [0.1, 0.15) is 12.8 Å². The Bertz CT molecular complexity index is 96.3. The first-order valence-electron chi connectivity index (χ1n) is 4.22.